The molecular weight excluding hydrogens is 378 g/mol. The van der Waals surface area contributed by atoms with Gasteiger partial charge in [0.25, 0.3) is 0 Å². The van der Waals surface area contributed by atoms with E-state index in [-0.39, 0.29) is 6.10 Å². The number of rotatable bonds is 8. The smallest absolute Gasteiger partial charge is 0.0634 e. The van der Waals surface area contributed by atoms with Crippen molar-refractivity contribution in [2.45, 2.75) is 51.2 Å². The van der Waals surface area contributed by atoms with E-state index in [9.17, 15) is 5.11 Å². The van der Waals surface area contributed by atoms with Gasteiger partial charge >= 0.3 is 0 Å². The van der Waals surface area contributed by atoms with Gasteiger partial charge in [-0.15, -0.1) is 0 Å². The van der Waals surface area contributed by atoms with Crippen molar-refractivity contribution in [2.75, 3.05) is 13.1 Å². The molecule has 1 aliphatic heterocycles. The number of piperidine rings is 1. The molecule has 0 spiro atoms. The second-order valence-electron chi connectivity index (χ2n) is 7.97. The molecule has 0 amide bonds. The molecule has 2 aromatic heterocycles. The minimum Gasteiger partial charge on any atom is -0.393 e. The third-order valence-electron chi connectivity index (χ3n) is 5.68. The highest BCUT2D eigenvalue weighted by Gasteiger charge is 2.16. The maximum Gasteiger partial charge on any atom is 0.0634 e. The first kappa shape index (κ1) is 20.2. The number of aryl methyl sites for hydroxylation is 4. The third kappa shape index (κ3) is 6.20. The largest absolute Gasteiger partial charge is 0.393 e. The van der Waals surface area contributed by atoms with E-state index in [0.29, 0.717) is 0 Å². The topological polar surface area (TPSA) is 49.2 Å². The summed E-state index contributed by atoms with van der Waals surface area (Å²) in [6.07, 6.45) is 5.56. The normalized spacial score (nSPS) is 15.6. The third-order valence-corrected chi connectivity index (χ3v) is 6.41. The minimum atomic E-state index is -0.105. The maximum atomic E-state index is 9.63. The van der Waals surface area contributed by atoms with E-state index in [0.717, 1.165) is 69.5 Å². The summed E-state index contributed by atoms with van der Waals surface area (Å²) < 4.78 is 0. The highest BCUT2D eigenvalue weighted by Crippen LogP contribution is 2.15. The lowest BCUT2D eigenvalue weighted by molar-refractivity contribution is 0.0792. The van der Waals surface area contributed by atoms with Gasteiger partial charge in [-0.2, -0.15) is 21.5 Å². The molecular formula is C24H29N3OS. The number of likely N-dealkylation sites (tertiary alicyclic amines) is 1. The summed E-state index contributed by atoms with van der Waals surface area (Å²) in [5, 5.41) is 22.8. The van der Waals surface area contributed by atoms with Gasteiger partial charge in [0.05, 0.1) is 17.5 Å². The van der Waals surface area contributed by atoms with Crippen LogP contribution in [0.5, 0.6) is 0 Å². The molecule has 0 radical (unpaired) electrons. The molecule has 0 unspecified atom stereocenters. The molecule has 3 heterocycles. The summed E-state index contributed by atoms with van der Waals surface area (Å²) in [5.41, 5.74) is 6.18. The molecule has 152 valence electrons. The second-order valence-corrected chi connectivity index (χ2v) is 8.75. The predicted molar refractivity (Wildman–Crippen MR) is 118 cm³/mol. The molecule has 4 nitrogen and oxygen atoms in total. The molecule has 0 atom stereocenters. The van der Waals surface area contributed by atoms with Crippen LogP contribution in [0, 0.1) is 0 Å². The van der Waals surface area contributed by atoms with Crippen molar-refractivity contribution in [3.05, 3.63) is 81.3 Å². The fourth-order valence-corrected chi connectivity index (χ4v) is 4.48. The Kier molecular flexibility index (Phi) is 7.04. The molecule has 0 aliphatic carbocycles. The van der Waals surface area contributed by atoms with Crippen molar-refractivity contribution < 1.29 is 5.11 Å². The zero-order valence-electron chi connectivity index (χ0n) is 16.8. The summed E-state index contributed by atoms with van der Waals surface area (Å²) >= 11 is 1.74. The number of aliphatic hydroxyl groups is 1. The minimum absolute atomic E-state index is 0.105. The Hall–Kier alpha value is -2.08. The van der Waals surface area contributed by atoms with Crippen molar-refractivity contribution in [3.63, 3.8) is 0 Å². The molecule has 3 aromatic rings. The van der Waals surface area contributed by atoms with Crippen LogP contribution in [0.1, 0.15) is 40.9 Å². The molecule has 0 bridgehead atoms. The molecule has 0 saturated carbocycles. The van der Waals surface area contributed by atoms with Crippen LogP contribution in [0.4, 0.5) is 0 Å². The van der Waals surface area contributed by atoms with E-state index in [1.165, 1.54) is 16.7 Å². The Labute approximate surface area is 177 Å². The zero-order chi connectivity index (χ0) is 19.9. The van der Waals surface area contributed by atoms with E-state index in [1.807, 2.05) is 0 Å². The van der Waals surface area contributed by atoms with Crippen molar-refractivity contribution in [1.29, 1.82) is 0 Å². The van der Waals surface area contributed by atoms with Crippen molar-refractivity contribution in [2.24, 2.45) is 0 Å². The number of hydrogen-bond donors (Lipinski definition) is 1. The van der Waals surface area contributed by atoms with Crippen LogP contribution in [0.3, 0.4) is 0 Å². The maximum absolute atomic E-state index is 9.63. The first-order chi connectivity index (χ1) is 14.2. The molecule has 1 N–H and O–H groups in total. The Morgan fingerprint density at radius 3 is 2.00 bits per heavy atom. The summed E-state index contributed by atoms with van der Waals surface area (Å²) in [5.74, 6) is 0. The summed E-state index contributed by atoms with van der Waals surface area (Å²) in [6, 6.07) is 15.4. The first-order valence-corrected chi connectivity index (χ1v) is 11.5. The van der Waals surface area contributed by atoms with E-state index in [2.05, 4.69) is 68.3 Å². The Morgan fingerprint density at radius 1 is 0.793 bits per heavy atom. The molecule has 4 rings (SSSR count). The quantitative estimate of drug-likeness (QED) is 0.612. The second kappa shape index (κ2) is 10.1. The van der Waals surface area contributed by atoms with Gasteiger partial charge in [-0.25, -0.2) is 0 Å². The van der Waals surface area contributed by atoms with Gasteiger partial charge in [0.1, 0.15) is 0 Å². The van der Waals surface area contributed by atoms with Gasteiger partial charge in [-0.1, -0.05) is 24.3 Å². The van der Waals surface area contributed by atoms with Gasteiger partial charge < -0.3 is 5.11 Å². The van der Waals surface area contributed by atoms with Crippen LogP contribution >= 0.6 is 11.3 Å². The summed E-state index contributed by atoms with van der Waals surface area (Å²) in [6.45, 7) is 2.96. The lowest BCUT2D eigenvalue weighted by Gasteiger charge is -2.29. The van der Waals surface area contributed by atoms with Crippen LogP contribution in [0.2, 0.25) is 0 Å². The molecule has 1 fully saturated rings. The Bertz CT molecular complexity index is 854. The number of hydrogen-bond acceptors (Lipinski definition) is 5. The number of aromatic nitrogens is 2. The van der Waals surface area contributed by atoms with E-state index in [4.69, 9.17) is 0 Å². The SMILES string of the molecule is OC1CCN(Cc2ccc(CCc3ccc(CCc4ccsc4)nn3)cc2)CC1. The zero-order valence-corrected chi connectivity index (χ0v) is 17.7. The summed E-state index contributed by atoms with van der Waals surface area (Å²) in [4.78, 5) is 2.43. The van der Waals surface area contributed by atoms with Crippen molar-refractivity contribution in [3.8, 4) is 0 Å². The highest BCUT2D eigenvalue weighted by atomic mass is 32.1. The van der Waals surface area contributed by atoms with Gasteiger partial charge in [0.2, 0.25) is 0 Å². The molecule has 29 heavy (non-hydrogen) atoms. The lowest BCUT2D eigenvalue weighted by atomic mass is 10.0. The molecule has 1 saturated heterocycles. The fraction of sp³-hybridized carbons (Fsp3) is 0.417. The average molecular weight is 408 g/mol. The monoisotopic (exact) mass is 407 g/mol. The van der Waals surface area contributed by atoms with E-state index < -0.39 is 0 Å². The standard InChI is InChI=1S/C24H29N3OS/c28-24-11-14-27(15-12-24)17-20-3-1-19(2-4-20)5-7-22-9-10-23(26-25-22)8-6-21-13-16-29-18-21/h1-4,9-10,13,16,18,24,28H,5-8,11-12,14-15,17H2. The molecule has 5 heteroatoms. The van der Waals surface area contributed by atoms with Crippen LogP contribution in [0.25, 0.3) is 0 Å². The van der Waals surface area contributed by atoms with Crippen molar-refractivity contribution in [1.82, 2.24) is 15.1 Å². The van der Waals surface area contributed by atoms with E-state index >= 15 is 0 Å². The van der Waals surface area contributed by atoms with Crippen LogP contribution in [0.15, 0.2) is 53.2 Å². The number of nitrogens with zero attached hydrogens (tertiary/aromatic N) is 3. The van der Waals surface area contributed by atoms with Gasteiger partial charge in [0.15, 0.2) is 0 Å². The fourth-order valence-electron chi connectivity index (χ4n) is 3.78. The van der Waals surface area contributed by atoms with Crippen LogP contribution in [-0.4, -0.2) is 39.4 Å². The lowest BCUT2D eigenvalue weighted by Crippen LogP contribution is -2.35. The van der Waals surface area contributed by atoms with Gasteiger partial charge in [-0.05, 0) is 84.2 Å². The average Bonchev–Trinajstić information content (AvgIpc) is 3.28. The predicted octanol–water partition coefficient (Wildman–Crippen LogP) is 4.07. The van der Waals surface area contributed by atoms with Crippen molar-refractivity contribution >= 4 is 11.3 Å². The number of thiophene rings is 1. The molecule has 1 aliphatic rings. The van der Waals surface area contributed by atoms with Crippen LogP contribution in [-0.2, 0) is 32.2 Å². The van der Waals surface area contributed by atoms with Crippen LogP contribution < -0.4 is 0 Å². The van der Waals surface area contributed by atoms with Gasteiger partial charge in [-0.3, -0.25) is 4.90 Å². The molecule has 1 aromatic carbocycles. The van der Waals surface area contributed by atoms with Gasteiger partial charge in [0, 0.05) is 19.6 Å². The summed E-state index contributed by atoms with van der Waals surface area (Å²) in [7, 11) is 0. The first-order valence-electron chi connectivity index (χ1n) is 10.6. The highest BCUT2D eigenvalue weighted by molar-refractivity contribution is 7.07. The number of benzene rings is 1. The number of aliphatic hydroxyl groups excluding tert-OH is 1. The van der Waals surface area contributed by atoms with E-state index in [1.54, 1.807) is 11.3 Å². The Balaban J connectivity index is 1.22. The Morgan fingerprint density at radius 2 is 1.41 bits per heavy atom.